The van der Waals surface area contributed by atoms with E-state index >= 15 is 0 Å². The van der Waals surface area contributed by atoms with E-state index in [0.29, 0.717) is 11.5 Å². The molecule has 3 rings (SSSR count). The lowest BCUT2D eigenvalue weighted by atomic mass is 10.2. The molecule has 0 spiro atoms. The molecule has 0 aliphatic heterocycles. The minimum absolute atomic E-state index is 0.162. The first-order valence-electron chi connectivity index (χ1n) is 5.64. The fraction of sp³-hybridized carbons (Fsp3) is 0.167. The largest absolute Gasteiger partial charge is 0.615 e. The molecule has 7 nitrogen and oxygen atoms in total. The summed E-state index contributed by atoms with van der Waals surface area (Å²) < 4.78 is 6.24. The van der Waals surface area contributed by atoms with E-state index in [1.165, 1.54) is 16.4 Å². The number of rotatable bonds is 2. The maximum absolute atomic E-state index is 11.7. The van der Waals surface area contributed by atoms with Crippen molar-refractivity contribution in [3.05, 3.63) is 35.7 Å². The summed E-state index contributed by atoms with van der Waals surface area (Å²) in [5, 5.41) is 20.2. The highest BCUT2D eigenvalue weighted by atomic mass is 16.6. The summed E-state index contributed by atoms with van der Waals surface area (Å²) >= 11 is 0. The van der Waals surface area contributed by atoms with Crippen molar-refractivity contribution < 1.29 is 14.6 Å². The van der Waals surface area contributed by atoms with Crippen LogP contribution in [0.3, 0.4) is 0 Å². The van der Waals surface area contributed by atoms with Gasteiger partial charge < -0.3 is 9.84 Å². The zero-order chi connectivity index (χ0) is 13.4. The third-order valence-electron chi connectivity index (χ3n) is 2.70. The molecule has 0 N–H and O–H groups in total. The van der Waals surface area contributed by atoms with Crippen molar-refractivity contribution in [1.82, 2.24) is 19.8 Å². The van der Waals surface area contributed by atoms with Gasteiger partial charge in [-0.15, -0.1) is 0 Å². The first kappa shape index (κ1) is 11.4. The fourth-order valence-corrected chi connectivity index (χ4v) is 1.87. The summed E-state index contributed by atoms with van der Waals surface area (Å²) in [5.74, 6) is 0.0317. The number of methoxy groups -OCH3 is 1. The van der Waals surface area contributed by atoms with Gasteiger partial charge in [0, 0.05) is 5.56 Å². The van der Waals surface area contributed by atoms with Gasteiger partial charge in [0.2, 0.25) is 0 Å². The van der Waals surface area contributed by atoms with Crippen molar-refractivity contribution in [2.45, 2.75) is 0 Å². The third-order valence-corrected chi connectivity index (χ3v) is 2.70. The molecule has 1 aromatic carbocycles. The van der Waals surface area contributed by atoms with E-state index in [0.717, 1.165) is 5.56 Å². The Morgan fingerprint density at radius 1 is 1.32 bits per heavy atom. The molecule has 19 heavy (non-hydrogen) atoms. The Balaban J connectivity index is 2.39. The molecule has 0 bridgehead atoms. The van der Waals surface area contributed by atoms with Gasteiger partial charge in [-0.2, -0.15) is 4.98 Å². The number of imidazole rings is 1. The van der Waals surface area contributed by atoms with Gasteiger partial charge in [-0.05, 0) is 29.1 Å². The summed E-state index contributed by atoms with van der Waals surface area (Å²) in [4.78, 5) is 5.67. The molecular formula is C12H11N5O2. The molecule has 0 fully saturated rings. The Morgan fingerprint density at radius 3 is 2.74 bits per heavy atom. The SMILES string of the molecule is CO/C([O-])=c1/nc(-c2ccccc2)n2n[n+](C)nc12. The van der Waals surface area contributed by atoms with Crippen LogP contribution in [0.4, 0.5) is 0 Å². The first-order valence-corrected chi connectivity index (χ1v) is 5.64. The maximum Gasteiger partial charge on any atom is 0.317 e. The second kappa shape index (κ2) is 4.20. The van der Waals surface area contributed by atoms with Crippen molar-refractivity contribution in [2.24, 2.45) is 7.05 Å². The molecule has 7 heteroatoms. The normalized spacial score (nSPS) is 12.7. The van der Waals surface area contributed by atoms with E-state index in [1.807, 2.05) is 30.3 Å². The standard InChI is InChI=1S/C12H11N5O2/c1-16-14-11-9(12(18)19-2)13-10(17(11)15-16)8-6-4-3-5-7-8/h3-7H,1-2H3. The van der Waals surface area contributed by atoms with Crippen molar-refractivity contribution >= 4 is 11.6 Å². The Hall–Kier alpha value is -2.70. The van der Waals surface area contributed by atoms with Crippen LogP contribution < -0.4 is 15.3 Å². The lowest BCUT2D eigenvalue weighted by Crippen LogP contribution is -2.34. The number of benzene rings is 1. The Bertz CT molecular complexity index is 781. The molecule has 2 heterocycles. The van der Waals surface area contributed by atoms with Crippen LogP contribution in [0.25, 0.3) is 23.0 Å². The lowest BCUT2D eigenvalue weighted by molar-refractivity contribution is -0.783. The number of aromatic nitrogens is 5. The molecule has 0 unspecified atom stereocenters. The molecule has 96 valence electrons. The number of tetrazole rings is 1. The molecule has 0 saturated carbocycles. The van der Waals surface area contributed by atoms with E-state index < -0.39 is 5.95 Å². The minimum Gasteiger partial charge on any atom is -0.615 e. The molecule has 0 aliphatic carbocycles. The summed E-state index contributed by atoms with van der Waals surface area (Å²) in [6.45, 7) is 0. The zero-order valence-electron chi connectivity index (χ0n) is 10.4. The molecule has 0 saturated heterocycles. The van der Waals surface area contributed by atoms with Gasteiger partial charge in [-0.25, -0.2) is 0 Å². The second-order valence-electron chi connectivity index (χ2n) is 3.96. The van der Waals surface area contributed by atoms with Gasteiger partial charge in [0.15, 0.2) is 5.35 Å². The molecule has 3 aromatic rings. The number of hydrogen-bond donors (Lipinski definition) is 0. The summed E-state index contributed by atoms with van der Waals surface area (Å²) in [7, 11) is 2.99. The monoisotopic (exact) mass is 257 g/mol. The van der Waals surface area contributed by atoms with Gasteiger partial charge in [0.1, 0.15) is 12.3 Å². The van der Waals surface area contributed by atoms with E-state index in [1.54, 1.807) is 7.05 Å². The van der Waals surface area contributed by atoms with E-state index in [-0.39, 0.29) is 5.35 Å². The fourth-order valence-electron chi connectivity index (χ4n) is 1.87. The number of nitrogens with zero attached hydrogens (tertiary/aromatic N) is 5. The van der Waals surface area contributed by atoms with Crippen LogP contribution in [-0.2, 0) is 11.8 Å². The van der Waals surface area contributed by atoms with Crippen LogP contribution in [0.5, 0.6) is 0 Å². The summed E-state index contributed by atoms with van der Waals surface area (Å²) in [6.07, 6.45) is 0. The molecule has 0 atom stereocenters. The number of hydrogen-bond acceptors (Lipinski definition) is 5. The molecular weight excluding hydrogens is 246 g/mol. The van der Waals surface area contributed by atoms with Crippen LogP contribution >= 0.6 is 0 Å². The predicted molar refractivity (Wildman–Crippen MR) is 63.0 cm³/mol. The number of fused-ring (bicyclic) bond motifs is 1. The molecule has 0 amide bonds. The van der Waals surface area contributed by atoms with Crippen molar-refractivity contribution in [3.63, 3.8) is 0 Å². The Morgan fingerprint density at radius 2 is 2.05 bits per heavy atom. The Labute approximate surface area is 108 Å². The molecule has 2 aromatic heterocycles. The van der Waals surface area contributed by atoms with Crippen molar-refractivity contribution in [2.75, 3.05) is 7.11 Å². The summed E-state index contributed by atoms with van der Waals surface area (Å²) in [6, 6.07) is 9.48. The van der Waals surface area contributed by atoms with Crippen LogP contribution in [0.2, 0.25) is 0 Å². The van der Waals surface area contributed by atoms with Gasteiger partial charge in [-0.1, -0.05) is 22.7 Å². The van der Waals surface area contributed by atoms with Crippen molar-refractivity contribution in [1.29, 1.82) is 0 Å². The predicted octanol–water partition coefficient (Wildman–Crippen LogP) is -1.59. The van der Waals surface area contributed by atoms with Gasteiger partial charge >= 0.3 is 5.65 Å². The van der Waals surface area contributed by atoms with Gasteiger partial charge in [0.05, 0.1) is 5.95 Å². The van der Waals surface area contributed by atoms with Gasteiger partial charge in [0.25, 0.3) is 5.82 Å². The highest BCUT2D eigenvalue weighted by Gasteiger charge is 2.21. The molecule has 0 aliphatic rings. The average Bonchev–Trinajstić information content (AvgIpc) is 2.96. The highest BCUT2D eigenvalue weighted by Crippen LogP contribution is 2.14. The van der Waals surface area contributed by atoms with Crippen LogP contribution in [-0.4, -0.2) is 26.9 Å². The van der Waals surface area contributed by atoms with Crippen LogP contribution in [0.15, 0.2) is 30.3 Å². The quantitative estimate of drug-likeness (QED) is 0.517. The second-order valence-corrected chi connectivity index (χ2v) is 3.96. The maximum atomic E-state index is 11.7. The van der Waals surface area contributed by atoms with Crippen molar-refractivity contribution in [3.8, 4) is 11.4 Å². The Kier molecular flexibility index (Phi) is 2.52. The van der Waals surface area contributed by atoms with E-state index in [9.17, 15) is 5.11 Å². The van der Waals surface area contributed by atoms with Crippen LogP contribution in [0.1, 0.15) is 0 Å². The van der Waals surface area contributed by atoms with Crippen LogP contribution in [0, 0.1) is 0 Å². The summed E-state index contributed by atoms with van der Waals surface area (Å²) in [5.41, 5.74) is 1.24. The highest BCUT2D eigenvalue weighted by molar-refractivity contribution is 5.60. The third kappa shape index (κ3) is 1.75. The number of ether oxygens (including phenoxy) is 1. The van der Waals surface area contributed by atoms with Gasteiger partial charge in [-0.3, -0.25) is 0 Å². The first-order chi connectivity index (χ1) is 9.20. The average molecular weight is 257 g/mol. The number of aryl methyl sites for hydroxylation is 1. The minimum atomic E-state index is -0.528. The zero-order valence-corrected chi connectivity index (χ0v) is 10.4. The topological polar surface area (TPSA) is 79.2 Å². The van der Waals surface area contributed by atoms with E-state index in [2.05, 4.69) is 15.3 Å². The smallest absolute Gasteiger partial charge is 0.317 e. The van der Waals surface area contributed by atoms with E-state index in [4.69, 9.17) is 4.74 Å². The molecule has 0 radical (unpaired) electrons. The lowest BCUT2D eigenvalue weighted by Gasteiger charge is -2.03.